The summed E-state index contributed by atoms with van der Waals surface area (Å²) in [6.07, 6.45) is 2.31. The minimum absolute atomic E-state index is 0.267. The first-order valence-electron chi connectivity index (χ1n) is 8.99. The molecule has 0 N–H and O–H groups in total. The Balaban J connectivity index is 2.04. The van der Waals surface area contributed by atoms with Gasteiger partial charge in [-0.05, 0) is 0 Å². The van der Waals surface area contributed by atoms with Crippen molar-refractivity contribution in [2.45, 2.75) is 30.3 Å². The second kappa shape index (κ2) is 7.27. The number of allylic oxidation sites excluding steroid dienone is 1. The molecule has 1 atom stereocenters. The fraction of sp³-hybridized carbons (Fsp3) is 0.217. The van der Waals surface area contributed by atoms with Gasteiger partial charge in [0.15, 0.2) is 0 Å². The van der Waals surface area contributed by atoms with Crippen molar-refractivity contribution in [3.8, 4) is 11.1 Å². The zero-order valence-electron chi connectivity index (χ0n) is 15.2. The molecule has 1 aliphatic carbocycles. The number of halogens is 2. The van der Waals surface area contributed by atoms with Gasteiger partial charge in [0, 0.05) is 0 Å². The summed E-state index contributed by atoms with van der Waals surface area (Å²) in [6, 6.07) is 19.9. The summed E-state index contributed by atoms with van der Waals surface area (Å²) in [4.78, 5) is 0. The molecular weight excluding hydrogens is 438 g/mol. The molecule has 0 nitrogen and oxygen atoms in total. The van der Waals surface area contributed by atoms with Gasteiger partial charge in [0.05, 0.1) is 0 Å². The van der Waals surface area contributed by atoms with Crippen molar-refractivity contribution in [3.05, 3.63) is 76.9 Å². The van der Waals surface area contributed by atoms with Gasteiger partial charge < -0.3 is 0 Å². The van der Waals surface area contributed by atoms with E-state index in [0.717, 1.165) is 0 Å². The second-order valence-corrected chi connectivity index (χ2v) is 16.2. The van der Waals surface area contributed by atoms with Gasteiger partial charge in [0.1, 0.15) is 0 Å². The predicted molar refractivity (Wildman–Crippen MR) is 112 cm³/mol. The molecular formula is C23H21Cl2Zr. The molecule has 0 aromatic heterocycles. The first kappa shape index (κ1) is 18.5. The third-order valence-corrected chi connectivity index (χ3v) is 10.9. The molecule has 131 valence electrons. The standard InChI is InChI=1S/C23H21.2ClH.Zr/c1-15(2)18-13-19-11-16(3)12-22(19)23(14-18)21-10-6-8-17-7-4-5-9-20(17)21;;;/h4-15H,1-3H3;2*1H;/q;;;+2/p-2. The average molecular weight is 460 g/mol. The van der Waals surface area contributed by atoms with Crippen molar-refractivity contribution < 1.29 is 19.4 Å². The molecule has 4 rings (SSSR count). The fourth-order valence-corrected chi connectivity index (χ4v) is 9.60. The maximum absolute atomic E-state index is 6.55. The van der Waals surface area contributed by atoms with Crippen molar-refractivity contribution >= 4 is 33.9 Å². The van der Waals surface area contributed by atoms with Gasteiger partial charge in [-0.25, -0.2) is 0 Å². The topological polar surface area (TPSA) is 0 Å². The molecule has 26 heavy (non-hydrogen) atoms. The Morgan fingerprint density at radius 3 is 2.38 bits per heavy atom. The molecule has 3 aromatic rings. The van der Waals surface area contributed by atoms with E-state index in [1.165, 1.54) is 44.2 Å². The average Bonchev–Trinajstić information content (AvgIpc) is 2.96. The van der Waals surface area contributed by atoms with Crippen LogP contribution < -0.4 is 0 Å². The maximum atomic E-state index is 6.55. The predicted octanol–water partition coefficient (Wildman–Crippen LogP) is 8.01. The van der Waals surface area contributed by atoms with Crippen LogP contribution in [0.3, 0.4) is 0 Å². The molecule has 1 unspecified atom stereocenters. The summed E-state index contributed by atoms with van der Waals surface area (Å²) in [5, 5.41) is 2.57. The van der Waals surface area contributed by atoms with E-state index in [9.17, 15) is 0 Å². The van der Waals surface area contributed by atoms with Crippen LogP contribution in [0.5, 0.6) is 0 Å². The van der Waals surface area contributed by atoms with Crippen molar-refractivity contribution in [2.75, 3.05) is 0 Å². The van der Waals surface area contributed by atoms with Crippen LogP contribution in [0.25, 0.3) is 28.0 Å². The van der Waals surface area contributed by atoms with Gasteiger partial charge in [-0.1, -0.05) is 0 Å². The summed E-state index contributed by atoms with van der Waals surface area (Å²) in [6.45, 7) is 6.68. The van der Waals surface area contributed by atoms with E-state index in [2.05, 4.69) is 81.4 Å². The van der Waals surface area contributed by atoms with Gasteiger partial charge in [-0.3, -0.25) is 0 Å². The molecule has 0 saturated heterocycles. The van der Waals surface area contributed by atoms with Crippen molar-refractivity contribution in [3.63, 3.8) is 0 Å². The Hall–Kier alpha value is -0.877. The second-order valence-electron chi connectivity index (χ2n) is 7.36. The van der Waals surface area contributed by atoms with Gasteiger partial charge in [0.25, 0.3) is 0 Å². The molecule has 0 spiro atoms. The Bertz CT molecular complexity index is 1010. The van der Waals surface area contributed by atoms with E-state index in [1.807, 2.05) is 0 Å². The SMILES string of the molecule is CC1=Cc2c(-c3cccc4ccccc34)cc(C(C)C)cc2[CH]1[Zr]([Cl])[Cl]. The summed E-state index contributed by atoms with van der Waals surface area (Å²) in [7, 11) is 13.1. The summed E-state index contributed by atoms with van der Waals surface area (Å²) in [5.41, 5.74) is 7.94. The van der Waals surface area contributed by atoms with E-state index >= 15 is 0 Å². The van der Waals surface area contributed by atoms with E-state index in [4.69, 9.17) is 17.0 Å². The van der Waals surface area contributed by atoms with Crippen LogP contribution >= 0.6 is 17.0 Å². The van der Waals surface area contributed by atoms with Crippen LogP contribution in [0, 0.1) is 0 Å². The number of hydrogen-bond acceptors (Lipinski definition) is 0. The number of rotatable bonds is 3. The first-order valence-corrected chi connectivity index (χ1v) is 16.7. The van der Waals surface area contributed by atoms with Crippen molar-refractivity contribution in [1.29, 1.82) is 0 Å². The zero-order valence-corrected chi connectivity index (χ0v) is 19.2. The van der Waals surface area contributed by atoms with Crippen molar-refractivity contribution in [2.24, 2.45) is 0 Å². The van der Waals surface area contributed by atoms with Crippen LogP contribution in [0.15, 0.2) is 60.2 Å². The minimum atomic E-state index is -2.45. The number of hydrogen-bond donors (Lipinski definition) is 0. The Labute approximate surface area is 170 Å². The first-order chi connectivity index (χ1) is 12.5. The molecule has 0 saturated carbocycles. The van der Waals surface area contributed by atoms with Crippen LogP contribution in [0.4, 0.5) is 0 Å². The number of benzene rings is 3. The van der Waals surface area contributed by atoms with Crippen LogP contribution in [0.2, 0.25) is 0 Å². The van der Waals surface area contributed by atoms with E-state index in [0.29, 0.717) is 5.92 Å². The third kappa shape index (κ3) is 3.13. The molecule has 1 aliphatic rings. The Morgan fingerprint density at radius 1 is 0.923 bits per heavy atom. The Kier molecular flexibility index (Phi) is 5.17. The van der Waals surface area contributed by atoms with Gasteiger partial charge in [-0.15, -0.1) is 0 Å². The molecule has 0 heterocycles. The molecule has 0 aliphatic heterocycles. The summed E-state index contributed by atoms with van der Waals surface area (Å²) >= 11 is -2.45. The molecule has 3 aromatic carbocycles. The monoisotopic (exact) mass is 457 g/mol. The van der Waals surface area contributed by atoms with E-state index in [-0.39, 0.29) is 3.63 Å². The quantitative estimate of drug-likeness (QED) is 0.372. The van der Waals surface area contributed by atoms with Gasteiger partial charge in [0.2, 0.25) is 0 Å². The molecule has 0 bridgehead atoms. The van der Waals surface area contributed by atoms with Gasteiger partial charge >= 0.3 is 172 Å². The fourth-order valence-electron chi connectivity index (χ4n) is 3.96. The third-order valence-electron chi connectivity index (χ3n) is 5.34. The number of fused-ring (bicyclic) bond motifs is 2. The van der Waals surface area contributed by atoms with Crippen LogP contribution in [0.1, 0.15) is 47.0 Å². The summed E-state index contributed by atoms with van der Waals surface area (Å²) in [5.74, 6) is 0.466. The normalized spacial score (nSPS) is 16.1. The summed E-state index contributed by atoms with van der Waals surface area (Å²) < 4.78 is 0.267. The van der Waals surface area contributed by atoms with Crippen LogP contribution in [-0.2, 0) is 19.4 Å². The molecule has 0 amide bonds. The van der Waals surface area contributed by atoms with Crippen molar-refractivity contribution in [1.82, 2.24) is 0 Å². The van der Waals surface area contributed by atoms with E-state index in [1.54, 1.807) is 0 Å². The molecule has 0 fully saturated rings. The van der Waals surface area contributed by atoms with E-state index < -0.39 is 19.4 Å². The Morgan fingerprint density at radius 2 is 1.65 bits per heavy atom. The zero-order chi connectivity index (χ0) is 18.4. The van der Waals surface area contributed by atoms with Gasteiger partial charge in [-0.2, -0.15) is 0 Å². The molecule has 0 radical (unpaired) electrons. The van der Waals surface area contributed by atoms with Crippen LogP contribution in [-0.4, -0.2) is 0 Å². The molecule has 3 heteroatoms.